The molecule has 2 heteroatoms. The normalized spacial score (nSPS) is 26.4. The smallest absolute Gasteiger partial charge is 0.119 e. The lowest BCUT2D eigenvalue weighted by atomic mass is 9.66. The van der Waals surface area contributed by atoms with E-state index in [0.29, 0.717) is 17.9 Å². The zero-order valence-electron chi connectivity index (χ0n) is 13.1. The highest BCUT2D eigenvalue weighted by Gasteiger charge is 2.36. The van der Waals surface area contributed by atoms with Crippen LogP contribution in [0.4, 0.5) is 0 Å². The number of aryl methyl sites for hydroxylation is 1. The van der Waals surface area contributed by atoms with Gasteiger partial charge in [0.25, 0.3) is 0 Å². The number of ether oxygens (including phenoxy) is 1. The summed E-state index contributed by atoms with van der Waals surface area (Å²) in [6, 6.07) is 15.6. The van der Waals surface area contributed by atoms with E-state index in [2.05, 4.69) is 42.5 Å². The lowest BCUT2D eigenvalue weighted by Gasteiger charge is -2.40. The van der Waals surface area contributed by atoms with E-state index in [-0.39, 0.29) is 0 Å². The standard InChI is InChI=1S/C20H23NO/c1-22-17-10-14-7-8-19(21)18-12-15(9-16(11-17)20(14)18)13-5-3-2-4-6-13/h2-6,10-11,15,18-19H,7-9,12,21H2,1H3. The van der Waals surface area contributed by atoms with Gasteiger partial charge in [0.2, 0.25) is 0 Å². The number of rotatable bonds is 2. The minimum absolute atomic E-state index is 0.297. The molecule has 2 aliphatic rings. The van der Waals surface area contributed by atoms with E-state index >= 15 is 0 Å². The Morgan fingerprint density at radius 2 is 1.86 bits per heavy atom. The molecule has 2 N–H and O–H groups in total. The fraction of sp³-hybridized carbons (Fsp3) is 0.400. The van der Waals surface area contributed by atoms with Crippen molar-refractivity contribution in [1.82, 2.24) is 0 Å². The van der Waals surface area contributed by atoms with Crippen molar-refractivity contribution in [2.45, 2.75) is 43.6 Å². The van der Waals surface area contributed by atoms with Gasteiger partial charge in [-0.15, -0.1) is 0 Å². The third kappa shape index (κ3) is 2.22. The molecule has 3 unspecified atom stereocenters. The van der Waals surface area contributed by atoms with Crippen LogP contribution in [0, 0.1) is 0 Å². The molecule has 0 aromatic heterocycles. The second kappa shape index (κ2) is 5.44. The molecule has 4 rings (SSSR count). The van der Waals surface area contributed by atoms with E-state index in [4.69, 9.17) is 10.5 Å². The summed E-state index contributed by atoms with van der Waals surface area (Å²) in [4.78, 5) is 0. The molecule has 2 aromatic carbocycles. The largest absolute Gasteiger partial charge is 0.497 e. The summed E-state index contributed by atoms with van der Waals surface area (Å²) in [5, 5.41) is 0. The monoisotopic (exact) mass is 293 g/mol. The Morgan fingerprint density at radius 3 is 2.64 bits per heavy atom. The summed E-state index contributed by atoms with van der Waals surface area (Å²) in [6.07, 6.45) is 4.46. The Morgan fingerprint density at radius 1 is 1.09 bits per heavy atom. The summed E-state index contributed by atoms with van der Waals surface area (Å²) in [7, 11) is 1.76. The Kier molecular flexibility index (Phi) is 3.42. The van der Waals surface area contributed by atoms with Gasteiger partial charge < -0.3 is 10.5 Å². The van der Waals surface area contributed by atoms with E-state index in [1.165, 1.54) is 28.7 Å². The van der Waals surface area contributed by atoms with E-state index in [1.807, 2.05) is 0 Å². The van der Waals surface area contributed by atoms with Gasteiger partial charge in [-0.25, -0.2) is 0 Å². The fourth-order valence-corrected chi connectivity index (χ4v) is 4.38. The molecule has 0 radical (unpaired) electrons. The van der Waals surface area contributed by atoms with Crippen molar-refractivity contribution in [2.24, 2.45) is 5.73 Å². The van der Waals surface area contributed by atoms with Crippen molar-refractivity contribution >= 4 is 0 Å². The highest BCUT2D eigenvalue weighted by Crippen LogP contribution is 2.47. The molecule has 2 aromatic rings. The molecule has 0 fully saturated rings. The number of hydrogen-bond acceptors (Lipinski definition) is 2. The van der Waals surface area contributed by atoms with E-state index in [1.54, 1.807) is 7.11 Å². The Bertz CT molecular complexity index is 680. The zero-order valence-corrected chi connectivity index (χ0v) is 13.1. The first-order valence-electron chi connectivity index (χ1n) is 8.26. The first-order valence-corrected chi connectivity index (χ1v) is 8.26. The predicted octanol–water partition coefficient (Wildman–Crippen LogP) is 3.78. The van der Waals surface area contributed by atoms with Gasteiger partial charge in [-0.3, -0.25) is 0 Å². The highest BCUT2D eigenvalue weighted by molar-refractivity contribution is 5.49. The minimum Gasteiger partial charge on any atom is -0.497 e. The van der Waals surface area contributed by atoms with Crippen LogP contribution in [0.5, 0.6) is 5.75 Å². The van der Waals surface area contributed by atoms with Crippen molar-refractivity contribution in [3.8, 4) is 5.75 Å². The summed E-state index contributed by atoms with van der Waals surface area (Å²) in [6.45, 7) is 0. The van der Waals surface area contributed by atoms with Gasteiger partial charge in [0.1, 0.15) is 5.75 Å². The third-order valence-electron chi connectivity index (χ3n) is 5.47. The van der Waals surface area contributed by atoms with E-state index < -0.39 is 0 Å². The van der Waals surface area contributed by atoms with Crippen molar-refractivity contribution in [3.05, 3.63) is 64.7 Å². The Hall–Kier alpha value is -1.80. The first-order chi connectivity index (χ1) is 10.8. The van der Waals surface area contributed by atoms with Gasteiger partial charge in [-0.1, -0.05) is 30.3 Å². The molecular formula is C20H23NO. The third-order valence-corrected chi connectivity index (χ3v) is 5.47. The molecule has 3 atom stereocenters. The maximum absolute atomic E-state index is 6.49. The zero-order chi connectivity index (χ0) is 15.1. The quantitative estimate of drug-likeness (QED) is 0.914. The van der Waals surface area contributed by atoms with Crippen LogP contribution in [0.25, 0.3) is 0 Å². The molecule has 0 heterocycles. The molecule has 0 aliphatic heterocycles. The van der Waals surface area contributed by atoms with Crippen molar-refractivity contribution in [3.63, 3.8) is 0 Å². The highest BCUT2D eigenvalue weighted by atomic mass is 16.5. The van der Waals surface area contributed by atoms with Gasteiger partial charge >= 0.3 is 0 Å². The topological polar surface area (TPSA) is 35.2 Å². The molecule has 0 saturated heterocycles. The molecule has 2 nitrogen and oxygen atoms in total. The molecule has 2 aliphatic carbocycles. The minimum atomic E-state index is 0.297. The maximum Gasteiger partial charge on any atom is 0.119 e. The predicted molar refractivity (Wildman–Crippen MR) is 89.5 cm³/mol. The molecule has 114 valence electrons. The first kappa shape index (κ1) is 13.8. The lowest BCUT2D eigenvalue weighted by Crippen LogP contribution is -2.37. The molecule has 0 amide bonds. The van der Waals surface area contributed by atoms with Crippen LogP contribution >= 0.6 is 0 Å². The molecule has 0 bridgehead atoms. The van der Waals surface area contributed by atoms with Crippen LogP contribution in [0.15, 0.2) is 42.5 Å². The number of methoxy groups -OCH3 is 1. The molecular weight excluding hydrogens is 270 g/mol. The molecule has 0 saturated carbocycles. The summed E-state index contributed by atoms with van der Waals surface area (Å²) >= 11 is 0. The van der Waals surface area contributed by atoms with Gasteiger partial charge in [0.15, 0.2) is 0 Å². The number of nitrogens with two attached hydrogens (primary N) is 1. The average molecular weight is 293 g/mol. The van der Waals surface area contributed by atoms with Gasteiger partial charge in [-0.05, 0) is 66.0 Å². The van der Waals surface area contributed by atoms with Crippen molar-refractivity contribution < 1.29 is 4.74 Å². The SMILES string of the molecule is COc1cc2c3c(c1)CC(c1ccccc1)CC3C(N)CC2. The second-order valence-electron chi connectivity index (χ2n) is 6.72. The number of hydrogen-bond donors (Lipinski definition) is 1. The van der Waals surface area contributed by atoms with Gasteiger partial charge in [0.05, 0.1) is 7.11 Å². The summed E-state index contributed by atoms with van der Waals surface area (Å²) < 4.78 is 5.52. The lowest BCUT2D eigenvalue weighted by molar-refractivity contribution is 0.380. The van der Waals surface area contributed by atoms with Crippen LogP contribution < -0.4 is 10.5 Å². The van der Waals surface area contributed by atoms with Crippen molar-refractivity contribution in [2.75, 3.05) is 7.11 Å². The second-order valence-corrected chi connectivity index (χ2v) is 6.72. The molecule has 22 heavy (non-hydrogen) atoms. The average Bonchev–Trinajstić information content (AvgIpc) is 2.58. The van der Waals surface area contributed by atoms with Crippen LogP contribution in [0.1, 0.15) is 46.9 Å². The molecule has 0 spiro atoms. The summed E-state index contributed by atoms with van der Waals surface area (Å²) in [5.74, 6) is 2.07. The van der Waals surface area contributed by atoms with E-state index in [0.717, 1.165) is 25.0 Å². The van der Waals surface area contributed by atoms with Crippen LogP contribution in [0.2, 0.25) is 0 Å². The van der Waals surface area contributed by atoms with Crippen molar-refractivity contribution in [1.29, 1.82) is 0 Å². The van der Waals surface area contributed by atoms with Gasteiger partial charge in [-0.2, -0.15) is 0 Å². The Balaban J connectivity index is 1.79. The van der Waals surface area contributed by atoms with Crippen LogP contribution in [-0.4, -0.2) is 13.2 Å². The van der Waals surface area contributed by atoms with Gasteiger partial charge in [0, 0.05) is 12.0 Å². The Labute approximate surface area is 132 Å². The fourth-order valence-electron chi connectivity index (χ4n) is 4.38. The van der Waals surface area contributed by atoms with Crippen LogP contribution in [-0.2, 0) is 12.8 Å². The van der Waals surface area contributed by atoms with E-state index in [9.17, 15) is 0 Å². The summed E-state index contributed by atoms with van der Waals surface area (Å²) in [5.41, 5.74) is 12.4. The maximum atomic E-state index is 6.49. The van der Waals surface area contributed by atoms with Crippen LogP contribution in [0.3, 0.4) is 0 Å². The number of benzene rings is 2.